The number of hydrogen-bond donors (Lipinski definition) is 0. The molecule has 14 heavy (non-hydrogen) atoms. The maximum Gasteiger partial charge on any atom is 0.150 e. The lowest BCUT2D eigenvalue weighted by molar-refractivity contribution is 0.112. The number of hydrogen-bond acceptors (Lipinski definition) is 3. The first-order chi connectivity index (χ1) is 6.90. The minimum absolute atomic E-state index is 0.654. The molecule has 0 fully saturated rings. The summed E-state index contributed by atoms with van der Waals surface area (Å²) in [5.41, 5.74) is 2.40. The van der Waals surface area contributed by atoms with Crippen LogP contribution >= 0.6 is 0 Å². The average molecular weight is 184 g/mol. The van der Waals surface area contributed by atoms with Crippen molar-refractivity contribution in [3.8, 4) is 11.3 Å². The van der Waals surface area contributed by atoms with Crippen molar-refractivity contribution in [1.29, 1.82) is 0 Å². The fourth-order valence-corrected chi connectivity index (χ4v) is 1.23. The molecule has 0 aliphatic carbocycles. The largest absolute Gasteiger partial charge is 0.298 e. The summed E-state index contributed by atoms with van der Waals surface area (Å²) in [6.07, 6.45) is 3.99. The van der Waals surface area contributed by atoms with Gasteiger partial charge in [-0.05, 0) is 12.1 Å². The van der Waals surface area contributed by atoms with Crippen molar-refractivity contribution >= 4 is 6.29 Å². The number of nitrogens with zero attached hydrogens (tertiary/aromatic N) is 2. The Kier molecular flexibility index (Phi) is 2.32. The van der Waals surface area contributed by atoms with Crippen LogP contribution in [0.25, 0.3) is 11.3 Å². The zero-order chi connectivity index (χ0) is 9.80. The zero-order valence-electron chi connectivity index (χ0n) is 7.42. The normalized spacial score (nSPS) is 9.71. The minimum Gasteiger partial charge on any atom is -0.298 e. The van der Waals surface area contributed by atoms with Gasteiger partial charge in [-0.3, -0.25) is 4.79 Å². The lowest BCUT2D eigenvalue weighted by atomic mass is 10.1. The Morgan fingerprint density at radius 3 is 2.86 bits per heavy atom. The van der Waals surface area contributed by atoms with Crippen LogP contribution in [0, 0.1) is 0 Å². The van der Waals surface area contributed by atoms with E-state index in [9.17, 15) is 4.79 Å². The van der Waals surface area contributed by atoms with Crippen LogP contribution in [-0.4, -0.2) is 16.3 Å². The van der Waals surface area contributed by atoms with Gasteiger partial charge in [0, 0.05) is 17.3 Å². The molecule has 0 bridgehead atoms. The lowest BCUT2D eigenvalue weighted by Gasteiger charge is -1.99. The average Bonchev–Trinajstić information content (AvgIpc) is 2.30. The molecule has 0 spiro atoms. The molecule has 68 valence electrons. The lowest BCUT2D eigenvalue weighted by Crippen LogP contribution is -1.85. The van der Waals surface area contributed by atoms with E-state index in [0.717, 1.165) is 17.5 Å². The van der Waals surface area contributed by atoms with Crippen LogP contribution in [0.5, 0.6) is 0 Å². The summed E-state index contributed by atoms with van der Waals surface area (Å²) in [6, 6.07) is 9.12. The predicted octanol–water partition coefficient (Wildman–Crippen LogP) is 1.96. The number of carbonyl (C=O) groups excluding carboxylic acids is 1. The Labute approximate surface area is 81.5 Å². The molecule has 0 N–H and O–H groups in total. The van der Waals surface area contributed by atoms with Gasteiger partial charge in [-0.15, -0.1) is 0 Å². The molecule has 3 nitrogen and oxygen atoms in total. The first kappa shape index (κ1) is 8.56. The molecule has 0 aliphatic rings. The van der Waals surface area contributed by atoms with E-state index >= 15 is 0 Å². The third-order valence-corrected chi connectivity index (χ3v) is 1.90. The Hall–Kier alpha value is -2.03. The molecule has 0 saturated carbocycles. The van der Waals surface area contributed by atoms with Crippen LogP contribution in [0.2, 0.25) is 0 Å². The van der Waals surface area contributed by atoms with Crippen molar-refractivity contribution in [2.45, 2.75) is 0 Å². The molecule has 0 amide bonds. The first-order valence-corrected chi connectivity index (χ1v) is 4.22. The smallest absolute Gasteiger partial charge is 0.150 e. The summed E-state index contributed by atoms with van der Waals surface area (Å²) in [5.74, 6) is 0. The fraction of sp³-hybridized carbons (Fsp3) is 0. The number of carbonyl (C=O) groups is 1. The van der Waals surface area contributed by atoms with Gasteiger partial charge in [-0.2, -0.15) is 0 Å². The topological polar surface area (TPSA) is 42.9 Å². The van der Waals surface area contributed by atoms with Gasteiger partial charge in [0.2, 0.25) is 0 Å². The molecular formula is C11H8N2O. The molecule has 2 aromatic rings. The highest BCUT2D eigenvalue weighted by Crippen LogP contribution is 2.16. The standard InChI is InChI=1S/C11H8N2O/c14-7-9-2-1-3-10(6-9)11-4-5-12-8-13-11/h1-8H. The first-order valence-electron chi connectivity index (χ1n) is 4.22. The maximum absolute atomic E-state index is 10.6. The van der Waals surface area contributed by atoms with Gasteiger partial charge in [0.25, 0.3) is 0 Å². The van der Waals surface area contributed by atoms with Crippen molar-refractivity contribution in [3.05, 3.63) is 48.4 Å². The molecule has 1 aromatic carbocycles. The minimum atomic E-state index is 0.654. The second kappa shape index (κ2) is 3.79. The quantitative estimate of drug-likeness (QED) is 0.670. The molecule has 0 atom stereocenters. The van der Waals surface area contributed by atoms with E-state index in [0.29, 0.717) is 5.56 Å². The van der Waals surface area contributed by atoms with Crippen LogP contribution in [-0.2, 0) is 0 Å². The molecule has 0 saturated heterocycles. The van der Waals surface area contributed by atoms with E-state index in [-0.39, 0.29) is 0 Å². The third-order valence-electron chi connectivity index (χ3n) is 1.90. The molecule has 0 radical (unpaired) electrons. The summed E-state index contributed by atoms with van der Waals surface area (Å²) in [6.45, 7) is 0. The number of aldehydes is 1. The van der Waals surface area contributed by atoms with Crippen molar-refractivity contribution < 1.29 is 4.79 Å². The van der Waals surface area contributed by atoms with E-state index in [2.05, 4.69) is 9.97 Å². The maximum atomic E-state index is 10.6. The van der Waals surface area contributed by atoms with E-state index in [1.165, 1.54) is 6.33 Å². The molecule has 1 heterocycles. The number of aromatic nitrogens is 2. The van der Waals surface area contributed by atoms with Crippen LogP contribution in [0.1, 0.15) is 10.4 Å². The van der Waals surface area contributed by atoms with Crippen molar-refractivity contribution in [2.75, 3.05) is 0 Å². The van der Waals surface area contributed by atoms with Gasteiger partial charge in [-0.25, -0.2) is 9.97 Å². The summed E-state index contributed by atoms with van der Waals surface area (Å²) >= 11 is 0. The summed E-state index contributed by atoms with van der Waals surface area (Å²) in [5, 5.41) is 0. The molecule has 3 heteroatoms. The Morgan fingerprint density at radius 1 is 1.21 bits per heavy atom. The van der Waals surface area contributed by atoms with Crippen molar-refractivity contribution in [3.63, 3.8) is 0 Å². The zero-order valence-corrected chi connectivity index (χ0v) is 7.42. The van der Waals surface area contributed by atoms with Gasteiger partial charge in [0.1, 0.15) is 12.6 Å². The van der Waals surface area contributed by atoms with Crippen LogP contribution < -0.4 is 0 Å². The van der Waals surface area contributed by atoms with E-state index in [4.69, 9.17) is 0 Å². The second-order valence-electron chi connectivity index (χ2n) is 2.84. The number of benzene rings is 1. The fourth-order valence-electron chi connectivity index (χ4n) is 1.23. The monoisotopic (exact) mass is 184 g/mol. The van der Waals surface area contributed by atoms with Gasteiger partial charge in [0.15, 0.2) is 0 Å². The highest BCUT2D eigenvalue weighted by Gasteiger charge is 1.98. The second-order valence-corrected chi connectivity index (χ2v) is 2.84. The highest BCUT2D eigenvalue weighted by molar-refractivity contribution is 5.78. The molecular weight excluding hydrogens is 176 g/mol. The highest BCUT2D eigenvalue weighted by atomic mass is 16.1. The van der Waals surface area contributed by atoms with Crippen LogP contribution in [0.4, 0.5) is 0 Å². The Bertz CT molecular complexity index is 440. The van der Waals surface area contributed by atoms with Gasteiger partial charge in [0.05, 0.1) is 5.69 Å². The SMILES string of the molecule is O=Cc1cccc(-c2ccncn2)c1. The molecule has 1 aromatic heterocycles. The summed E-state index contributed by atoms with van der Waals surface area (Å²) in [7, 11) is 0. The summed E-state index contributed by atoms with van der Waals surface area (Å²) < 4.78 is 0. The molecule has 0 aliphatic heterocycles. The summed E-state index contributed by atoms with van der Waals surface area (Å²) in [4.78, 5) is 18.5. The number of rotatable bonds is 2. The van der Waals surface area contributed by atoms with Crippen molar-refractivity contribution in [2.24, 2.45) is 0 Å². The van der Waals surface area contributed by atoms with Crippen LogP contribution in [0.3, 0.4) is 0 Å². The van der Waals surface area contributed by atoms with Gasteiger partial charge < -0.3 is 0 Å². The predicted molar refractivity (Wildman–Crippen MR) is 52.9 cm³/mol. The van der Waals surface area contributed by atoms with Crippen molar-refractivity contribution in [1.82, 2.24) is 9.97 Å². The Balaban J connectivity index is 2.47. The molecule has 0 unspecified atom stereocenters. The van der Waals surface area contributed by atoms with E-state index < -0.39 is 0 Å². The van der Waals surface area contributed by atoms with Gasteiger partial charge >= 0.3 is 0 Å². The Morgan fingerprint density at radius 2 is 2.14 bits per heavy atom. The van der Waals surface area contributed by atoms with E-state index in [1.54, 1.807) is 18.3 Å². The third kappa shape index (κ3) is 1.66. The van der Waals surface area contributed by atoms with Crippen LogP contribution in [0.15, 0.2) is 42.9 Å². The van der Waals surface area contributed by atoms with E-state index in [1.807, 2.05) is 18.2 Å². The molecule has 2 rings (SSSR count). The van der Waals surface area contributed by atoms with Gasteiger partial charge in [-0.1, -0.05) is 18.2 Å².